The van der Waals surface area contributed by atoms with Gasteiger partial charge >= 0.3 is 0 Å². The van der Waals surface area contributed by atoms with E-state index < -0.39 is 0 Å². The Morgan fingerprint density at radius 1 is 1.23 bits per heavy atom. The second-order valence-electron chi connectivity index (χ2n) is 7.53. The molecule has 0 aromatic heterocycles. The van der Waals surface area contributed by atoms with Crippen molar-refractivity contribution in [1.82, 2.24) is 15.5 Å². The summed E-state index contributed by atoms with van der Waals surface area (Å²) in [7, 11) is 0. The molecule has 2 unspecified atom stereocenters. The molecule has 1 aliphatic carbocycles. The van der Waals surface area contributed by atoms with E-state index in [4.69, 9.17) is 9.73 Å². The van der Waals surface area contributed by atoms with Crippen LogP contribution >= 0.6 is 24.0 Å². The van der Waals surface area contributed by atoms with Crippen molar-refractivity contribution in [3.8, 4) is 5.75 Å². The summed E-state index contributed by atoms with van der Waals surface area (Å²) in [6.45, 7) is 7.21. The molecule has 1 aromatic rings. The first-order chi connectivity index (χ1) is 12.3. The minimum atomic E-state index is 0. The van der Waals surface area contributed by atoms with Crippen LogP contribution in [0, 0.1) is 5.92 Å². The van der Waals surface area contributed by atoms with Crippen LogP contribution in [0.4, 0.5) is 0 Å². The van der Waals surface area contributed by atoms with E-state index in [2.05, 4.69) is 40.7 Å². The van der Waals surface area contributed by atoms with Gasteiger partial charge in [0.05, 0.1) is 6.54 Å². The maximum Gasteiger partial charge on any atom is 0.191 e. The first-order valence-electron chi connectivity index (χ1n) is 9.82. The van der Waals surface area contributed by atoms with E-state index in [0.717, 1.165) is 43.8 Å². The summed E-state index contributed by atoms with van der Waals surface area (Å²) >= 11 is 0. The number of nitrogens with zero attached hydrogens (tertiary/aromatic N) is 2. The van der Waals surface area contributed by atoms with E-state index in [1.54, 1.807) is 0 Å². The molecule has 0 bridgehead atoms. The predicted molar refractivity (Wildman–Crippen MR) is 117 cm³/mol. The molecule has 1 aromatic carbocycles. The molecule has 0 radical (unpaired) electrons. The number of likely N-dealkylation sites (tertiary alicyclic amines) is 1. The number of hydrogen-bond donors (Lipinski definition) is 2. The number of rotatable bonds is 6. The summed E-state index contributed by atoms with van der Waals surface area (Å²) in [6.07, 6.45) is 5.27. The number of guanidine groups is 1. The van der Waals surface area contributed by atoms with Gasteiger partial charge in [0.1, 0.15) is 11.9 Å². The largest absolute Gasteiger partial charge is 0.488 e. The molecule has 2 atom stereocenters. The van der Waals surface area contributed by atoms with Gasteiger partial charge in [-0.05, 0) is 50.3 Å². The van der Waals surface area contributed by atoms with E-state index in [-0.39, 0.29) is 30.1 Å². The van der Waals surface area contributed by atoms with Crippen molar-refractivity contribution in [3.05, 3.63) is 29.8 Å². The summed E-state index contributed by atoms with van der Waals surface area (Å²) < 4.78 is 6.01. The molecule has 2 N–H and O–H groups in total. The Kier molecular flexibility index (Phi) is 7.03. The van der Waals surface area contributed by atoms with Gasteiger partial charge in [-0.2, -0.15) is 0 Å². The van der Waals surface area contributed by atoms with Gasteiger partial charge in [0, 0.05) is 32.1 Å². The highest BCUT2D eigenvalue weighted by atomic mass is 127. The zero-order valence-electron chi connectivity index (χ0n) is 15.6. The lowest BCUT2D eigenvalue weighted by molar-refractivity contribution is 0.235. The first kappa shape index (κ1) is 19.7. The lowest BCUT2D eigenvalue weighted by atomic mass is 10.1. The Bertz CT molecular complexity index is 595. The number of nitrogens with one attached hydrogen (secondary N) is 2. The molecular formula is C20H31IN4O. The molecule has 2 fully saturated rings. The van der Waals surface area contributed by atoms with Gasteiger partial charge in [0.2, 0.25) is 0 Å². The smallest absolute Gasteiger partial charge is 0.191 e. The molecule has 0 spiro atoms. The lowest BCUT2D eigenvalue weighted by Crippen LogP contribution is -2.42. The third-order valence-electron chi connectivity index (χ3n) is 5.44. The van der Waals surface area contributed by atoms with Crippen molar-refractivity contribution >= 4 is 29.9 Å². The van der Waals surface area contributed by atoms with Crippen LogP contribution in [-0.4, -0.2) is 55.7 Å². The topological polar surface area (TPSA) is 48.9 Å². The molecule has 0 amide bonds. The third kappa shape index (κ3) is 5.03. The second kappa shape index (κ2) is 9.26. The molecular weight excluding hydrogens is 439 g/mol. The van der Waals surface area contributed by atoms with Gasteiger partial charge in [-0.25, -0.2) is 0 Å². The maximum absolute atomic E-state index is 6.01. The molecule has 1 saturated heterocycles. The molecule has 6 heteroatoms. The van der Waals surface area contributed by atoms with Crippen molar-refractivity contribution in [2.45, 2.75) is 44.8 Å². The number of para-hydroxylation sites is 1. The summed E-state index contributed by atoms with van der Waals surface area (Å²) in [5.74, 6) is 2.66. The van der Waals surface area contributed by atoms with Crippen LogP contribution in [0.3, 0.4) is 0 Å². The highest BCUT2D eigenvalue weighted by molar-refractivity contribution is 14.0. The number of aliphatic imine (C=N–C) groups is 1. The molecule has 1 saturated carbocycles. The Morgan fingerprint density at radius 3 is 2.85 bits per heavy atom. The SMILES string of the molecule is CCNC(=NCC1CCN(C2CC2)C1)NCC1Cc2ccccc2O1.I. The summed E-state index contributed by atoms with van der Waals surface area (Å²) in [5, 5.41) is 6.84. The van der Waals surface area contributed by atoms with Crippen LogP contribution in [0.2, 0.25) is 0 Å². The molecule has 4 rings (SSSR count). The van der Waals surface area contributed by atoms with Crippen molar-refractivity contribution in [2.75, 3.05) is 32.7 Å². The Balaban J connectivity index is 0.00000196. The van der Waals surface area contributed by atoms with E-state index >= 15 is 0 Å². The standard InChI is InChI=1S/C20H30N4O.HI/c1-2-21-20(22-12-15-9-10-24(14-15)17-7-8-17)23-13-18-11-16-5-3-4-6-19(16)25-18;/h3-6,15,17-18H,2,7-14H2,1H3,(H2,21,22,23);1H. The minimum Gasteiger partial charge on any atom is -0.488 e. The molecule has 144 valence electrons. The fourth-order valence-electron chi connectivity index (χ4n) is 3.92. The van der Waals surface area contributed by atoms with Crippen LogP contribution in [0.15, 0.2) is 29.3 Å². The normalized spacial score (nSPS) is 25.3. The van der Waals surface area contributed by atoms with Crippen LogP contribution in [-0.2, 0) is 6.42 Å². The number of benzene rings is 1. The summed E-state index contributed by atoms with van der Waals surface area (Å²) in [4.78, 5) is 7.49. The van der Waals surface area contributed by atoms with Crippen molar-refractivity contribution in [1.29, 1.82) is 0 Å². The van der Waals surface area contributed by atoms with Crippen LogP contribution < -0.4 is 15.4 Å². The van der Waals surface area contributed by atoms with Crippen molar-refractivity contribution in [3.63, 3.8) is 0 Å². The molecule has 5 nitrogen and oxygen atoms in total. The van der Waals surface area contributed by atoms with Gasteiger partial charge in [-0.1, -0.05) is 18.2 Å². The Hall–Kier alpha value is -1.02. The average molecular weight is 470 g/mol. The van der Waals surface area contributed by atoms with Crippen LogP contribution in [0.5, 0.6) is 5.75 Å². The Labute approximate surface area is 174 Å². The van der Waals surface area contributed by atoms with Gasteiger partial charge in [0.15, 0.2) is 5.96 Å². The highest BCUT2D eigenvalue weighted by Gasteiger charge is 2.34. The summed E-state index contributed by atoms with van der Waals surface area (Å²) in [6, 6.07) is 9.21. The average Bonchev–Trinajstić information content (AvgIpc) is 3.22. The van der Waals surface area contributed by atoms with E-state index in [0.29, 0.717) is 5.92 Å². The van der Waals surface area contributed by atoms with Gasteiger partial charge in [-0.3, -0.25) is 4.99 Å². The fraction of sp³-hybridized carbons (Fsp3) is 0.650. The van der Waals surface area contributed by atoms with Crippen molar-refractivity contribution in [2.24, 2.45) is 10.9 Å². The number of ether oxygens (including phenoxy) is 1. The van der Waals surface area contributed by atoms with Crippen molar-refractivity contribution < 1.29 is 4.74 Å². The summed E-state index contributed by atoms with van der Waals surface area (Å²) in [5.41, 5.74) is 1.31. The number of halogens is 1. The van der Waals surface area contributed by atoms with Crippen LogP contribution in [0.25, 0.3) is 0 Å². The molecule has 2 aliphatic heterocycles. The van der Waals surface area contributed by atoms with Gasteiger partial charge < -0.3 is 20.3 Å². The minimum absolute atomic E-state index is 0. The Morgan fingerprint density at radius 2 is 2.08 bits per heavy atom. The second-order valence-corrected chi connectivity index (χ2v) is 7.53. The van der Waals surface area contributed by atoms with Gasteiger partial charge in [-0.15, -0.1) is 24.0 Å². The first-order valence-corrected chi connectivity index (χ1v) is 9.82. The van der Waals surface area contributed by atoms with Crippen LogP contribution in [0.1, 0.15) is 31.7 Å². The molecule has 3 aliphatic rings. The quantitative estimate of drug-likeness (QED) is 0.382. The highest BCUT2D eigenvalue weighted by Crippen LogP contribution is 2.31. The predicted octanol–water partition coefficient (Wildman–Crippen LogP) is 2.65. The zero-order chi connectivity index (χ0) is 17.1. The molecule has 2 heterocycles. The number of fused-ring (bicyclic) bond motifs is 1. The van der Waals surface area contributed by atoms with Gasteiger partial charge in [0.25, 0.3) is 0 Å². The maximum atomic E-state index is 6.01. The number of hydrogen-bond acceptors (Lipinski definition) is 3. The van der Waals surface area contributed by atoms with E-state index in [9.17, 15) is 0 Å². The van der Waals surface area contributed by atoms with E-state index in [1.807, 2.05) is 6.07 Å². The third-order valence-corrected chi connectivity index (χ3v) is 5.44. The molecule has 26 heavy (non-hydrogen) atoms. The zero-order valence-corrected chi connectivity index (χ0v) is 17.9. The monoisotopic (exact) mass is 470 g/mol. The fourth-order valence-corrected chi connectivity index (χ4v) is 3.92. The van der Waals surface area contributed by atoms with E-state index in [1.165, 1.54) is 37.9 Å². The lowest BCUT2D eigenvalue weighted by Gasteiger charge is -2.17.